The van der Waals surface area contributed by atoms with Gasteiger partial charge in [-0.2, -0.15) is 0 Å². The van der Waals surface area contributed by atoms with Gasteiger partial charge in [-0.05, 0) is 45.8 Å². The molecule has 6 nitrogen and oxygen atoms in total. The van der Waals surface area contributed by atoms with Crippen LogP contribution in [0.2, 0.25) is 0 Å². The molecule has 0 bridgehead atoms. The van der Waals surface area contributed by atoms with Crippen molar-refractivity contribution in [3.63, 3.8) is 0 Å². The number of hydrogen-bond acceptors (Lipinski definition) is 3. The molecular weight excluding hydrogens is 392 g/mol. The predicted octanol–water partition coefficient (Wildman–Crippen LogP) is 5.09. The molecule has 1 amide bonds. The van der Waals surface area contributed by atoms with Gasteiger partial charge in [0.2, 0.25) is 0 Å². The molecule has 0 aliphatic heterocycles. The Balaban J connectivity index is 1.31. The summed E-state index contributed by atoms with van der Waals surface area (Å²) in [5, 5.41) is 12.7. The van der Waals surface area contributed by atoms with Crippen molar-refractivity contribution in [3.8, 4) is 11.1 Å². The van der Waals surface area contributed by atoms with Crippen LogP contribution in [0.5, 0.6) is 0 Å². The van der Waals surface area contributed by atoms with E-state index < -0.39 is 12.1 Å². The number of carbonyl (C=O) groups is 2. The summed E-state index contributed by atoms with van der Waals surface area (Å²) in [6, 6.07) is 23.6. The van der Waals surface area contributed by atoms with Gasteiger partial charge in [-0.1, -0.05) is 54.6 Å². The van der Waals surface area contributed by atoms with E-state index in [0.29, 0.717) is 5.69 Å². The second kappa shape index (κ2) is 7.65. The summed E-state index contributed by atoms with van der Waals surface area (Å²) in [6.07, 6.45) is 1.17. The number of carbonyl (C=O) groups excluding carboxylic acids is 1. The topological polar surface area (TPSA) is 80.6 Å². The maximum absolute atomic E-state index is 12.5. The molecule has 0 unspecified atom stereocenters. The van der Waals surface area contributed by atoms with Crippen LogP contribution in [0.25, 0.3) is 22.0 Å². The van der Waals surface area contributed by atoms with Crippen molar-refractivity contribution in [2.24, 2.45) is 0 Å². The highest BCUT2D eigenvalue weighted by Crippen LogP contribution is 2.44. The fourth-order valence-corrected chi connectivity index (χ4v) is 4.30. The molecule has 1 aliphatic carbocycles. The molecule has 31 heavy (non-hydrogen) atoms. The molecule has 0 radical (unpaired) electrons. The van der Waals surface area contributed by atoms with Crippen molar-refractivity contribution >= 4 is 28.7 Å². The van der Waals surface area contributed by atoms with Gasteiger partial charge >= 0.3 is 12.1 Å². The Hall–Kier alpha value is -4.06. The molecular formula is C25H20N2O4. The predicted molar refractivity (Wildman–Crippen MR) is 118 cm³/mol. The van der Waals surface area contributed by atoms with Crippen LogP contribution in [0.1, 0.15) is 17.0 Å². The Morgan fingerprint density at radius 3 is 2.29 bits per heavy atom. The first-order valence-corrected chi connectivity index (χ1v) is 10.0. The lowest BCUT2D eigenvalue weighted by molar-refractivity contribution is -0.137. The van der Waals surface area contributed by atoms with Gasteiger partial charge in [0.05, 0.1) is 5.52 Å². The van der Waals surface area contributed by atoms with E-state index in [1.807, 2.05) is 36.4 Å². The minimum atomic E-state index is -0.924. The summed E-state index contributed by atoms with van der Waals surface area (Å²) < 4.78 is 7.21. The Morgan fingerprint density at radius 1 is 0.935 bits per heavy atom. The van der Waals surface area contributed by atoms with Crippen molar-refractivity contribution in [1.29, 1.82) is 0 Å². The third-order valence-electron chi connectivity index (χ3n) is 5.67. The van der Waals surface area contributed by atoms with Crippen LogP contribution in [0.3, 0.4) is 0 Å². The maximum atomic E-state index is 12.5. The maximum Gasteiger partial charge on any atom is 0.411 e. The Morgan fingerprint density at radius 2 is 1.61 bits per heavy atom. The first kappa shape index (κ1) is 18.9. The fourth-order valence-electron chi connectivity index (χ4n) is 4.30. The zero-order valence-electron chi connectivity index (χ0n) is 16.6. The molecule has 6 heteroatoms. The Kier molecular flexibility index (Phi) is 4.67. The van der Waals surface area contributed by atoms with Crippen molar-refractivity contribution in [1.82, 2.24) is 4.57 Å². The van der Waals surface area contributed by atoms with Crippen LogP contribution in [-0.2, 0) is 16.1 Å². The van der Waals surface area contributed by atoms with E-state index in [9.17, 15) is 9.59 Å². The molecule has 0 spiro atoms. The fraction of sp³-hybridized carbons (Fsp3) is 0.120. The van der Waals surface area contributed by atoms with Crippen LogP contribution in [0, 0.1) is 0 Å². The van der Waals surface area contributed by atoms with Gasteiger partial charge in [0.25, 0.3) is 0 Å². The number of aromatic nitrogens is 1. The lowest BCUT2D eigenvalue weighted by Gasteiger charge is -2.14. The third-order valence-corrected chi connectivity index (χ3v) is 5.67. The van der Waals surface area contributed by atoms with E-state index in [2.05, 4.69) is 29.6 Å². The Bertz CT molecular complexity index is 1260. The molecule has 2 N–H and O–H groups in total. The molecule has 1 heterocycles. The van der Waals surface area contributed by atoms with Crippen molar-refractivity contribution in [3.05, 3.63) is 90.1 Å². The van der Waals surface area contributed by atoms with Gasteiger partial charge in [0, 0.05) is 17.8 Å². The molecule has 0 atom stereocenters. The lowest BCUT2D eigenvalue weighted by Crippen LogP contribution is -2.18. The highest BCUT2D eigenvalue weighted by atomic mass is 16.5. The van der Waals surface area contributed by atoms with Gasteiger partial charge in [-0.3, -0.25) is 10.1 Å². The molecule has 0 saturated carbocycles. The van der Waals surface area contributed by atoms with E-state index in [1.165, 1.54) is 11.1 Å². The number of amides is 1. The lowest BCUT2D eigenvalue weighted by atomic mass is 9.98. The molecule has 5 rings (SSSR count). The number of ether oxygens (including phenoxy) is 1. The number of benzene rings is 3. The number of nitrogens with one attached hydrogen (secondary N) is 1. The zero-order chi connectivity index (χ0) is 21.4. The molecule has 154 valence electrons. The average molecular weight is 412 g/mol. The molecule has 1 aliphatic rings. The van der Waals surface area contributed by atoms with Gasteiger partial charge < -0.3 is 14.4 Å². The highest BCUT2D eigenvalue weighted by molar-refractivity contribution is 5.90. The summed E-state index contributed by atoms with van der Waals surface area (Å²) in [5.41, 5.74) is 5.95. The van der Waals surface area contributed by atoms with Crippen LogP contribution >= 0.6 is 0 Å². The van der Waals surface area contributed by atoms with Crippen LogP contribution in [0.4, 0.5) is 10.5 Å². The van der Waals surface area contributed by atoms with Crippen LogP contribution in [0.15, 0.2) is 79.0 Å². The van der Waals surface area contributed by atoms with Gasteiger partial charge in [0.15, 0.2) is 0 Å². The van der Waals surface area contributed by atoms with Gasteiger partial charge in [0.1, 0.15) is 13.2 Å². The van der Waals surface area contributed by atoms with Crippen molar-refractivity contribution < 1.29 is 19.4 Å². The summed E-state index contributed by atoms with van der Waals surface area (Å²) in [7, 11) is 0. The molecule has 0 saturated heterocycles. The second-order valence-corrected chi connectivity index (χ2v) is 7.56. The third kappa shape index (κ3) is 3.53. The first-order chi connectivity index (χ1) is 15.1. The molecule has 1 aromatic heterocycles. The number of anilines is 1. The number of nitrogens with zero attached hydrogens (tertiary/aromatic N) is 1. The van der Waals surface area contributed by atoms with Gasteiger partial charge in [-0.25, -0.2) is 4.79 Å². The van der Waals surface area contributed by atoms with E-state index in [-0.39, 0.29) is 19.1 Å². The zero-order valence-corrected chi connectivity index (χ0v) is 16.6. The van der Waals surface area contributed by atoms with Crippen LogP contribution < -0.4 is 5.32 Å². The first-order valence-electron chi connectivity index (χ1n) is 10.0. The summed E-state index contributed by atoms with van der Waals surface area (Å²) >= 11 is 0. The SMILES string of the molecule is O=C(O)Cn1ccc2ccc(NC(=O)OCC3c4ccccc4-c4ccccc43)cc21. The molecule has 4 aromatic rings. The monoisotopic (exact) mass is 412 g/mol. The molecule has 3 aromatic carbocycles. The normalized spacial score (nSPS) is 12.4. The second-order valence-electron chi connectivity index (χ2n) is 7.56. The number of carboxylic acid groups (broad SMARTS) is 1. The van der Waals surface area contributed by atoms with Crippen molar-refractivity contribution in [2.75, 3.05) is 11.9 Å². The number of aliphatic carboxylic acids is 1. The van der Waals surface area contributed by atoms with Crippen molar-refractivity contribution in [2.45, 2.75) is 12.5 Å². The standard InChI is InChI=1S/C25H20N2O4/c28-24(29)14-27-12-11-16-9-10-17(13-23(16)27)26-25(30)31-15-22-20-7-3-1-5-18(20)19-6-2-4-8-21(19)22/h1-13,22H,14-15H2,(H,26,30)(H,28,29). The van der Waals surface area contributed by atoms with E-state index >= 15 is 0 Å². The number of hydrogen-bond donors (Lipinski definition) is 2. The summed E-state index contributed by atoms with van der Waals surface area (Å²) in [4.78, 5) is 23.5. The minimum Gasteiger partial charge on any atom is -0.480 e. The van der Waals surface area contributed by atoms with Gasteiger partial charge in [-0.15, -0.1) is 0 Å². The number of carboxylic acids is 1. The number of fused-ring (bicyclic) bond motifs is 4. The van der Waals surface area contributed by atoms with Crippen LogP contribution in [-0.4, -0.2) is 28.3 Å². The number of rotatable bonds is 5. The average Bonchev–Trinajstić information content (AvgIpc) is 3.31. The summed E-state index contributed by atoms with van der Waals surface area (Å²) in [6.45, 7) is 0.0927. The summed E-state index contributed by atoms with van der Waals surface area (Å²) in [5.74, 6) is -0.930. The quantitative estimate of drug-likeness (QED) is 0.479. The van der Waals surface area contributed by atoms with E-state index in [1.54, 1.807) is 22.9 Å². The van der Waals surface area contributed by atoms with E-state index in [0.717, 1.165) is 22.0 Å². The largest absolute Gasteiger partial charge is 0.480 e. The Labute approximate surface area is 178 Å². The highest BCUT2D eigenvalue weighted by Gasteiger charge is 2.29. The van der Waals surface area contributed by atoms with E-state index in [4.69, 9.17) is 9.84 Å². The molecule has 0 fully saturated rings. The minimum absolute atomic E-state index is 0.00608. The smallest absolute Gasteiger partial charge is 0.411 e.